The summed E-state index contributed by atoms with van der Waals surface area (Å²) in [7, 11) is 3.58. The largest absolute Gasteiger partial charge is 0.475 e. The monoisotopic (exact) mass is 208 g/mol. The van der Waals surface area contributed by atoms with Gasteiger partial charge < -0.3 is 10.0 Å². The van der Waals surface area contributed by atoms with Gasteiger partial charge in [-0.25, -0.2) is 9.78 Å². The molecule has 5 nitrogen and oxygen atoms in total. The van der Waals surface area contributed by atoms with Crippen molar-refractivity contribution in [1.29, 1.82) is 0 Å². The number of pyridine rings is 1. The van der Waals surface area contributed by atoms with Gasteiger partial charge in [-0.05, 0) is 6.07 Å². The first-order valence-corrected chi connectivity index (χ1v) is 4.39. The highest BCUT2D eigenvalue weighted by molar-refractivity contribution is 6.33. The fraction of sp³-hybridized carbons (Fsp3) is 0.300. The molecule has 1 aromatic heterocycles. The Hall–Kier alpha value is -1.91. The van der Waals surface area contributed by atoms with E-state index >= 15 is 0 Å². The predicted octanol–water partition coefficient (Wildman–Crippen LogP) is 0.344. The Kier molecular flexibility index (Phi) is 3.38. The molecule has 5 heteroatoms. The van der Waals surface area contributed by atoms with E-state index in [0.717, 1.165) is 0 Å². The molecule has 0 unspecified atom stereocenters. The second kappa shape index (κ2) is 4.54. The van der Waals surface area contributed by atoms with Crippen molar-refractivity contribution in [3.63, 3.8) is 0 Å². The molecule has 1 rings (SSSR count). The molecule has 0 saturated heterocycles. The summed E-state index contributed by atoms with van der Waals surface area (Å²) >= 11 is 0. The van der Waals surface area contributed by atoms with Crippen LogP contribution in [0.15, 0.2) is 18.3 Å². The van der Waals surface area contributed by atoms with E-state index in [1.807, 2.05) is 0 Å². The Balaban J connectivity index is 2.94. The van der Waals surface area contributed by atoms with Crippen LogP contribution in [0.1, 0.15) is 5.56 Å². The average Bonchev–Trinajstić information content (AvgIpc) is 2.18. The lowest BCUT2D eigenvalue weighted by Gasteiger charge is -2.14. The van der Waals surface area contributed by atoms with E-state index in [9.17, 15) is 9.59 Å². The van der Waals surface area contributed by atoms with E-state index in [1.54, 1.807) is 37.3 Å². The fourth-order valence-electron chi connectivity index (χ4n) is 1.22. The number of carboxylic acids is 1. The first kappa shape index (κ1) is 11.2. The Morgan fingerprint density at radius 3 is 2.67 bits per heavy atom. The third-order valence-corrected chi connectivity index (χ3v) is 1.88. The van der Waals surface area contributed by atoms with Gasteiger partial charge in [-0.15, -0.1) is 0 Å². The summed E-state index contributed by atoms with van der Waals surface area (Å²) in [4.78, 5) is 27.3. The average molecular weight is 208 g/mol. The van der Waals surface area contributed by atoms with Gasteiger partial charge in [-0.1, -0.05) is 6.07 Å². The van der Waals surface area contributed by atoms with Crippen LogP contribution in [0.3, 0.4) is 0 Å². The molecule has 0 amide bonds. The lowest BCUT2D eigenvalue weighted by atomic mass is 10.1. The maximum absolute atomic E-state index is 11.0. The number of carboxylic acid groups (broad SMARTS) is 1. The van der Waals surface area contributed by atoms with Gasteiger partial charge in [-0.2, -0.15) is 0 Å². The minimum Gasteiger partial charge on any atom is -0.475 e. The number of anilines is 1. The molecule has 1 aromatic rings. The summed E-state index contributed by atoms with van der Waals surface area (Å²) in [6.45, 7) is 0. The summed E-state index contributed by atoms with van der Waals surface area (Å²) in [6, 6.07) is 3.38. The van der Waals surface area contributed by atoms with Gasteiger partial charge >= 0.3 is 5.97 Å². The van der Waals surface area contributed by atoms with Crippen molar-refractivity contribution in [3.8, 4) is 0 Å². The van der Waals surface area contributed by atoms with Crippen molar-refractivity contribution in [3.05, 3.63) is 23.9 Å². The number of carbonyl (C=O) groups is 2. The summed E-state index contributed by atoms with van der Waals surface area (Å²) < 4.78 is 0. The smallest absolute Gasteiger partial charge is 0.372 e. The van der Waals surface area contributed by atoms with Crippen LogP contribution in [0.25, 0.3) is 0 Å². The first-order chi connectivity index (χ1) is 7.02. The molecule has 0 aliphatic rings. The zero-order chi connectivity index (χ0) is 11.4. The number of Topliss-reactive ketones (excluding diaryl/α,β-unsaturated/α-hetero) is 1. The van der Waals surface area contributed by atoms with Crippen LogP contribution in [0, 0.1) is 0 Å². The van der Waals surface area contributed by atoms with Crippen LogP contribution in [0.4, 0.5) is 5.82 Å². The second-order valence-electron chi connectivity index (χ2n) is 3.29. The molecule has 0 atom stereocenters. The molecule has 80 valence electrons. The molecule has 0 fully saturated rings. The van der Waals surface area contributed by atoms with E-state index in [1.165, 1.54) is 0 Å². The normalized spacial score (nSPS) is 9.73. The minimum atomic E-state index is -1.41. The lowest BCUT2D eigenvalue weighted by Crippen LogP contribution is -2.19. The van der Waals surface area contributed by atoms with Crippen molar-refractivity contribution in [2.24, 2.45) is 0 Å². The zero-order valence-corrected chi connectivity index (χ0v) is 8.60. The number of nitrogens with zero attached hydrogens (tertiary/aromatic N) is 2. The van der Waals surface area contributed by atoms with Gasteiger partial charge in [-0.3, -0.25) is 4.79 Å². The molecule has 1 N–H and O–H groups in total. The number of rotatable bonds is 4. The van der Waals surface area contributed by atoms with Gasteiger partial charge in [0.05, 0.1) is 0 Å². The second-order valence-corrected chi connectivity index (χ2v) is 3.29. The van der Waals surface area contributed by atoms with Gasteiger partial charge in [0.1, 0.15) is 5.82 Å². The quantitative estimate of drug-likeness (QED) is 0.723. The molecule has 0 aromatic carbocycles. The summed E-state index contributed by atoms with van der Waals surface area (Å²) in [5.41, 5.74) is 0.620. The molecular weight excluding hydrogens is 196 g/mol. The highest BCUT2D eigenvalue weighted by atomic mass is 16.4. The lowest BCUT2D eigenvalue weighted by molar-refractivity contribution is -0.148. The molecular formula is C10H12N2O3. The summed E-state index contributed by atoms with van der Waals surface area (Å²) in [6.07, 6.45) is 1.47. The number of ketones is 1. The highest BCUT2D eigenvalue weighted by Crippen LogP contribution is 2.14. The molecule has 0 bridgehead atoms. The van der Waals surface area contributed by atoms with Crippen LogP contribution in [-0.4, -0.2) is 35.9 Å². The Morgan fingerprint density at radius 1 is 1.47 bits per heavy atom. The van der Waals surface area contributed by atoms with Gasteiger partial charge in [0, 0.05) is 32.3 Å². The molecule has 1 heterocycles. The van der Waals surface area contributed by atoms with Crippen LogP contribution >= 0.6 is 0 Å². The maximum atomic E-state index is 11.0. The third-order valence-electron chi connectivity index (χ3n) is 1.88. The standard InChI is InChI=1S/C10H12N2O3/c1-12(2)9-7(4-3-5-11-9)6-8(13)10(14)15/h3-5H,6H2,1-2H3,(H,14,15). The van der Waals surface area contributed by atoms with Crippen LogP contribution < -0.4 is 4.90 Å². The SMILES string of the molecule is CN(C)c1ncccc1CC(=O)C(=O)O. The molecule has 0 aliphatic heterocycles. The van der Waals surface area contributed by atoms with Crippen molar-refractivity contribution >= 4 is 17.6 Å². The van der Waals surface area contributed by atoms with E-state index in [2.05, 4.69) is 4.98 Å². The highest BCUT2D eigenvalue weighted by Gasteiger charge is 2.15. The number of hydrogen-bond acceptors (Lipinski definition) is 4. The van der Waals surface area contributed by atoms with Crippen molar-refractivity contribution in [2.45, 2.75) is 6.42 Å². The van der Waals surface area contributed by atoms with Crippen LogP contribution in [0.5, 0.6) is 0 Å². The topological polar surface area (TPSA) is 70.5 Å². The Bertz CT molecular complexity index is 388. The third kappa shape index (κ3) is 2.77. The zero-order valence-electron chi connectivity index (χ0n) is 8.60. The van der Waals surface area contributed by atoms with Crippen LogP contribution in [-0.2, 0) is 16.0 Å². The van der Waals surface area contributed by atoms with Crippen molar-refractivity contribution in [2.75, 3.05) is 19.0 Å². The number of aromatic nitrogens is 1. The maximum Gasteiger partial charge on any atom is 0.372 e. The first-order valence-electron chi connectivity index (χ1n) is 4.39. The van der Waals surface area contributed by atoms with Crippen molar-refractivity contribution < 1.29 is 14.7 Å². The van der Waals surface area contributed by atoms with E-state index < -0.39 is 11.8 Å². The molecule has 0 spiro atoms. The molecule has 0 aliphatic carbocycles. The summed E-state index contributed by atoms with van der Waals surface area (Å²) in [5, 5.41) is 8.49. The number of aliphatic carboxylic acids is 1. The molecule has 0 radical (unpaired) electrons. The number of hydrogen-bond donors (Lipinski definition) is 1. The predicted molar refractivity (Wildman–Crippen MR) is 54.9 cm³/mol. The van der Waals surface area contributed by atoms with Crippen molar-refractivity contribution in [1.82, 2.24) is 4.98 Å². The Labute approximate surface area is 87.4 Å². The number of carbonyl (C=O) groups excluding carboxylic acids is 1. The minimum absolute atomic E-state index is 0.128. The van der Waals surface area contributed by atoms with E-state index in [-0.39, 0.29) is 6.42 Å². The Morgan fingerprint density at radius 2 is 2.13 bits per heavy atom. The molecule has 0 saturated carbocycles. The summed E-state index contributed by atoms with van der Waals surface area (Å²) in [5.74, 6) is -1.62. The van der Waals surface area contributed by atoms with E-state index in [4.69, 9.17) is 5.11 Å². The van der Waals surface area contributed by atoms with Gasteiger partial charge in [0.25, 0.3) is 0 Å². The van der Waals surface area contributed by atoms with Gasteiger partial charge in [0.15, 0.2) is 0 Å². The van der Waals surface area contributed by atoms with Crippen LogP contribution in [0.2, 0.25) is 0 Å². The van der Waals surface area contributed by atoms with Gasteiger partial charge in [0.2, 0.25) is 5.78 Å². The fourth-order valence-corrected chi connectivity index (χ4v) is 1.22. The van der Waals surface area contributed by atoms with E-state index in [0.29, 0.717) is 11.4 Å². The molecule has 15 heavy (non-hydrogen) atoms.